The minimum absolute atomic E-state index is 0.123. The van der Waals surface area contributed by atoms with Gasteiger partial charge in [-0.15, -0.1) is 0 Å². The molecule has 2 amide bonds. The fourth-order valence-electron chi connectivity index (χ4n) is 4.23. The summed E-state index contributed by atoms with van der Waals surface area (Å²) in [6.07, 6.45) is 5.91. The number of hydrogen-bond donors (Lipinski definition) is 1. The first-order valence-corrected chi connectivity index (χ1v) is 12.0. The molecule has 7 heteroatoms. The van der Waals surface area contributed by atoms with Crippen LogP contribution >= 0.6 is 11.6 Å². The van der Waals surface area contributed by atoms with E-state index in [1.54, 1.807) is 30.2 Å². The van der Waals surface area contributed by atoms with Gasteiger partial charge in [-0.05, 0) is 43.0 Å². The lowest BCUT2D eigenvalue weighted by Gasteiger charge is -2.33. The Labute approximate surface area is 201 Å². The van der Waals surface area contributed by atoms with Gasteiger partial charge in [-0.1, -0.05) is 68.1 Å². The zero-order valence-electron chi connectivity index (χ0n) is 19.4. The molecule has 0 aliphatic heterocycles. The smallest absolute Gasteiger partial charge is 0.261 e. The Morgan fingerprint density at radius 2 is 1.73 bits per heavy atom. The van der Waals surface area contributed by atoms with E-state index in [-0.39, 0.29) is 31.0 Å². The van der Waals surface area contributed by atoms with Crippen LogP contribution < -0.4 is 14.8 Å². The van der Waals surface area contributed by atoms with Crippen molar-refractivity contribution < 1.29 is 19.1 Å². The molecule has 1 atom stereocenters. The number of amides is 2. The number of hydrogen-bond acceptors (Lipinski definition) is 4. The van der Waals surface area contributed by atoms with Crippen LogP contribution in [-0.4, -0.2) is 42.5 Å². The zero-order valence-corrected chi connectivity index (χ0v) is 20.1. The highest BCUT2D eigenvalue weighted by atomic mass is 35.5. The maximum atomic E-state index is 13.4. The molecule has 0 radical (unpaired) electrons. The molecular weight excluding hydrogens is 440 g/mol. The summed E-state index contributed by atoms with van der Waals surface area (Å²) < 4.78 is 11.1. The monoisotopic (exact) mass is 472 g/mol. The average Bonchev–Trinajstić information content (AvgIpc) is 2.84. The fourth-order valence-corrected chi connectivity index (χ4v) is 4.43. The van der Waals surface area contributed by atoms with E-state index < -0.39 is 6.04 Å². The molecule has 0 spiro atoms. The van der Waals surface area contributed by atoms with Crippen LogP contribution in [-0.2, 0) is 16.1 Å². The zero-order chi connectivity index (χ0) is 23.6. The fraction of sp³-hybridized carbons (Fsp3) is 0.462. The van der Waals surface area contributed by atoms with Crippen molar-refractivity contribution in [3.05, 3.63) is 59.1 Å². The van der Waals surface area contributed by atoms with Crippen molar-refractivity contribution in [2.24, 2.45) is 0 Å². The van der Waals surface area contributed by atoms with Crippen LogP contribution in [0.4, 0.5) is 0 Å². The van der Waals surface area contributed by atoms with Crippen LogP contribution in [0.3, 0.4) is 0 Å². The molecular formula is C26H33ClN2O4. The van der Waals surface area contributed by atoms with Crippen LogP contribution in [0.2, 0.25) is 5.02 Å². The van der Waals surface area contributed by atoms with E-state index in [1.807, 2.05) is 37.3 Å². The number of methoxy groups -OCH3 is 1. The Kier molecular flexibility index (Phi) is 9.43. The molecule has 1 aliphatic carbocycles. The van der Waals surface area contributed by atoms with E-state index in [1.165, 1.54) is 6.42 Å². The number of halogens is 1. The number of para-hydroxylation sites is 2. The first-order valence-electron chi connectivity index (χ1n) is 11.6. The summed E-state index contributed by atoms with van der Waals surface area (Å²) in [6, 6.07) is 14.1. The predicted octanol–water partition coefficient (Wildman–Crippen LogP) is 4.98. The van der Waals surface area contributed by atoms with E-state index in [0.29, 0.717) is 22.9 Å². The van der Waals surface area contributed by atoms with Gasteiger partial charge in [0.05, 0.1) is 7.11 Å². The number of ether oxygens (including phenoxy) is 2. The van der Waals surface area contributed by atoms with Gasteiger partial charge in [-0.3, -0.25) is 9.59 Å². The van der Waals surface area contributed by atoms with E-state index in [9.17, 15) is 9.59 Å². The first-order chi connectivity index (χ1) is 16.0. The van der Waals surface area contributed by atoms with Crippen LogP contribution in [0, 0.1) is 0 Å². The topological polar surface area (TPSA) is 67.9 Å². The molecule has 1 fully saturated rings. The summed E-state index contributed by atoms with van der Waals surface area (Å²) in [4.78, 5) is 28.2. The summed E-state index contributed by atoms with van der Waals surface area (Å²) >= 11 is 6.38. The third kappa shape index (κ3) is 6.87. The molecule has 2 aromatic carbocycles. The Hall–Kier alpha value is -2.73. The van der Waals surface area contributed by atoms with Crippen molar-refractivity contribution in [1.29, 1.82) is 0 Å². The van der Waals surface area contributed by atoms with Crippen molar-refractivity contribution in [1.82, 2.24) is 10.2 Å². The summed E-state index contributed by atoms with van der Waals surface area (Å²) in [5, 5.41) is 3.73. The van der Waals surface area contributed by atoms with E-state index in [4.69, 9.17) is 21.1 Å². The standard InChI is InChI=1S/C26H33ClN2O4/c1-3-22(26(31)28-20-12-5-4-6-13-20)29(17-19-11-7-8-14-21(19)27)25(30)18-33-24-16-10-9-15-23(24)32-2/h7-11,14-16,20,22H,3-6,12-13,17-18H2,1-2H3,(H,28,31)/t22-/m1/s1. The SMILES string of the molecule is CC[C@H](C(=O)NC1CCCCC1)N(Cc1ccccc1Cl)C(=O)COc1ccccc1OC. The second-order valence-electron chi connectivity index (χ2n) is 8.32. The summed E-state index contributed by atoms with van der Waals surface area (Å²) in [7, 11) is 1.55. The van der Waals surface area contributed by atoms with Crippen molar-refractivity contribution in [2.45, 2.75) is 64.1 Å². The second kappa shape index (κ2) is 12.5. The van der Waals surface area contributed by atoms with Gasteiger partial charge >= 0.3 is 0 Å². The highest BCUT2D eigenvalue weighted by molar-refractivity contribution is 6.31. The van der Waals surface area contributed by atoms with Crippen LogP contribution in [0.25, 0.3) is 0 Å². The highest BCUT2D eigenvalue weighted by Crippen LogP contribution is 2.26. The lowest BCUT2D eigenvalue weighted by atomic mass is 9.95. The van der Waals surface area contributed by atoms with Gasteiger partial charge in [0, 0.05) is 17.6 Å². The average molecular weight is 473 g/mol. The molecule has 1 saturated carbocycles. The molecule has 0 saturated heterocycles. The molecule has 1 N–H and O–H groups in total. The van der Waals surface area contributed by atoms with Crippen LogP contribution in [0.1, 0.15) is 51.0 Å². The van der Waals surface area contributed by atoms with Gasteiger partial charge in [0.2, 0.25) is 5.91 Å². The van der Waals surface area contributed by atoms with Gasteiger partial charge in [0.25, 0.3) is 5.91 Å². The highest BCUT2D eigenvalue weighted by Gasteiger charge is 2.31. The molecule has 2 aromatic rings. The third-order valence-corrected chi connectivity index (χ3v) is 6.42. The number of nitrogens with zero attached hydrogens (tertiary/aromatic N) is 1. The van der Waals surface area contributed by atoms with Crippen molar-refractivity contribution in [3.8, 4) is 11.5 Å². The van der Waals surface area contributed by atoms with E-state index >= 15 is 0 Å². The van der Waals surface area contributed by atoms with Crippen LogP contribution in [0.5, 0.6) is 11.5 Å². The maximum Gasteiger partial charge on any atom is 0.261 e. The van der Waals surface area contributed by atoms with Crippen LogP contribution in [0.15, 0.2) is 48.5 Å². The van der Waals surface area contributed by atoms with Gasteiger partial charge in [-0.2, -0.15) is 0 Å². The Bertz CT molecular complexity index is 930. The summed E-state index contributed by atoms with van der Waals surface area (Å²) in [6.45, 7) is 1.93. The number of carbonyl (C=O) groups is 2. The molecule has 6 nitrogen and oxygen atoms in total. The lowest BCUT2D eigenvalue weighted by molar-refractivity contribution is -0.143. The molecule has 0 unspecified atom stereocenters. The third-order valence-electron chi connectivity index (χ3n) is 6.06. The lowest BCUT2D eigenvalue weighted by Crippen LogP contribution is -2.52. The quantitative estimate of drug-likeness (QED) is 0.529. The summed E-state index contributed by atoms with van der Waals surface area (Å²) in [5.74, 6) is 0.615. The normalized spacial score (nSPS) is 14.9. The molecule has 178 valence electrons. The largest absolute Gasteiger partial charge is 0.493 e. The molecule has 0 bridgehead atoms. The Balaban J connectivity index is 1.78. The Morgan fingerprint density at radius 1 is 1.06 bits per heavy atom. The predicted molar refractivity (Wildman–Crippen MR) is 130 cm³/mol. The van der Waals surface area contributed by atoms with Gasteiger partial charge in [-0.25, -0.2) is 0 Å². The minimum Gasteiger partial charge on any atom is -0.493 e. The van der Waals surface area contributed by atoms with Gasteiger partial charge < -0.3 is 19.7 Å². The van der Waals surface area contributed by atoms with Gasteiger partial charge in [0.1, 0.15) is 6.04 Å². The molecule has 0 heterocycles. The molecule has 33 heavy (non-hydrogen) atoms. The number of nitrogens with one attached hydrogen (secondary N) is 1. The number of rotatable bonds is 10. The second-order valence-corrected chi connectivity index (χ2v) is 8.73. The molecule has 1 aliphatic rings. The Morgan fingerprint density at radius 3 is 2.39 bits per heavy atom. The minimum atomic E-state index is -0.614. The maximum absolute atomic E-state index is 13.4. The van der Waals surface area contributed by atoms with E-state index in [0.717, 1.165) is 31.2 Å². The number of benzene rings is 2. The van der Waals surface area contributed by atoms with Crippen molar-refractivity contribution in [2.75, 3.05) is 13.7 Å². The summed E-state index contributed by atoms with van der Waals surface area (Å²) in [5.41, 5.74) is 0.786. The van der Waals surface area contributed by atoms with Crippen molar-refractivity contribution >= 4 is 23.4 Å². The number of carbonyl (C=O) groups excluding carboxylic acids is 2. The van der Waals surface area contributed by atoms with E-state index in [2.05, 4.69) is 5.32 Å². The molecule has 0 aromatic heterocycles. The molecule has 3 rings (SSSR count). The van der Waals surface area contributed by atoms with Crippen molar-refractivity contribution in [3.63, 3.8) is 0 Å². The first kappa shape index (κ1) is 24.9. The van der Waals surface area contributed by atoms with Gasteiger partial charge in [0.15, 0.2) is 18.1 Å².